The molecular weight excluding hydrogens is 378 g/mol. The van der Waals surface area contributed by atoms with Gasteiger partial charge in [0.05, 0.1) is 0 Å². The number of benzene rings is 1. The van der Waals surface area contributed by atoms with Gasteiger partial charge in [0.25, 0.3) is 5.91 Å². The fourth-order valence-electron chi connectivity index (χ4n) is 1.59. The van der Waals surface area contributed by atoms with Gasteiger partial charge in [-0.05, 0) is 24.1 Å². The van der Waals surface area contributed by atoms with E-state index in [9.17, 15) is 9.59 Å². The maximum atomic E-state index is 12.1. The van der Waals surface area contributed by atoms with Crippen molar-refractivity contribution >= 4 is 43.7 Å². The first kappa shape index (κ1) is 16.2. The number of halogens is 2. The predicted octanol–water partition coefficient (Wildman–Crippen LogP) is 3.44. The summed E-state index contributed by atoms with van der Waals surface area (Å²) in [7, 11) is 0. The Labute approximate surface area is 128 Å². The summed E-state index contributed by atoms with van der Waals surface area (Å²) in [4.78, 5) is 23.2. The van der Waals surface area contributed by atoms with Crippen molar-refractivity contribution in [2.24, 2.45) is 5.92 Å². The van der Waals surface area contributed by atoms with E-state index in [0.717, 1.165) is 8.95 Å². The number of amides is 1. The Morgan fingerprint density at radius 3 is 2.21 bits per heavy atom. The van der Waals surface area contributed by atoms with Gasteiger partial charge in [-0.3, -0.25) is 4.79 Å². The zero-order valence-electron chi connectivity index (χ0n) is 10.6. The van der Waals surface area contributed by atoms with Crippen LogP contribution in [0.4, 0.5) is 0 Å². The quantitative estimate of drug-likeness (QED) is 0.806. The number of nitrogens with one attached hydrogen (secondary N) is 1. The molecule has 1 aromatic rings. The molecule has 4 nitrogen and oxygen atoms in total. The SMILES string of the molecule is CC[C@@H](C)[C@@H](NC(=O)c1cc(Br)cc(Br)c1)C(=O)O. The fourth-order valence-corrected chi connectivity index (χ4v) is 2.89. The Morgan fingerprint density at radius 1 is 1.26 bits per heavy atom. The van der Waals surface area contributed by atoms with Crippen molar-refractivity contribution < 1.29 is 14.7 Å². The van der Waals surface area contributed by atoms with Crippen LogP contribution in [0.25, 0.3) is 0 Å². The standard InChI is InChI=1S/C13H15Br2NO3/c1-3-7(2)11(13(18)19)16-12(17)8-4-9(14)6-10(15)5-8/h4-7,11H,3H2,1-2H3,(H,16,17)(H,18,19)/t7-,11-/m1/s1. The molecule has 2 N–H and O–H groups in total. The van der Waals surface area contributed by atoms with E-state index in [1.807, 2.05) is 6.92 Å². The maximum absolute atomic E-state index is 12.1. The Bertz CT molecular complexity index is 471. The van der Waals surface area contributed by atoms with Gasteiger partial charge in [0.15, 0.2) is 0 Å². The minimum atomic E-state index is -1.02. The summed E-state index contributed by atoms with van der Waals surface area (Å²) in [5.41, 5.74) is 0.413. The molecule has 0 aliphatic carbocycles. The molecule has 0 heterocycles. The minimum Gasteiger partial charge on any atom is -0.480 e. The lowest BCUT2D eigenvalue weighted by Crippen LogP contribution is -2.45. The smallest absolute Gasteiger partial charge is 0.326 e. The number of carboxylic acid groups (broad SMARTS) is 1. The Kier molecular flexibility index (Phi) is 6.00. The molecule has 0 radical (unpaired) electrons. The molecular formula is C13H15Br2NO3. The number of hydrogen-bond donors (Lipinski definition) is 2. The molecule has 1 aromatic carbocycles. The summed E-state index contributed by atoms with van der Waals surface area (Å²) in [5.74, 6) is -1.54. The number of carboxylic acids is 1. The van der Waals surface area contributed by atoms with Crippen LogP contribution in [0.3, 0.4) is 0 Å². The van der Waals surface area contributed by atoms with Crippen molar-refractivity contribution in [2.75, 3.05) is 0 Å². The molecule has 2 atom stereocenters. The van der Waals surface area contributed by atoms with Gasteiger partial charge in [0, 0.05) is 14.5 Å². The third kappa shape index (κ3) is 4.62. The van der Waals surface area contributed by atoms with Gasteiger partial charge in [-0.2, -0.15) is 0 Å². The topological polar surface area (TPSA) is 66.4 Å². The highest BCUT2D eigenvalue weighted by Gasteiger charge is 2.25. The molecule has 6 heteroatoms. The summed E-state index contributed by atoms with van der Waals surface area (Å²) < 4.78 is 1.50. The maximum Gasteiger partial charge on any atom is 0.326 e. The Hall–Kier alpha value is -0.880. The molecule has 0 aliphatic rings. The lowest BCUT2D eigenvalue weighted by molar-refractivity contribution is -0.140. The number of hydrogen-bond acceptors (Lipinski definition) is 2. The van der Waals surface area contributed by atoms with Gasteiger partial charge in [-0.1, -0.05) is 52.1 Å². The molecule has 1 rings (SSSR count). The fraction of sp³-hybridized carbons (Fsp3) is 0.385. The zero-order chi connectivity index (χ0) is 14.6. The first-order valence-corrected chi connectivity index (χ1v) is 7.43. The molecule has 0 spiro atoms. The van der Waals surface area contributed by atoms with Crippen LogP contribution in [0.2, 0.25) is 0 Å². The average Bonchev–Trinajstić information content (AvgIpc) is 2.33. The first-order valence-electron chi connectivity index (χ1n) is 5.85. The van der Waals surface area contributed by atoms with E-state index in [0.29, 0.717) is 12.0 Å². The lowest BCUT2D eigenvalue weighted by atomic mass is 9.99. The Morgan fingerprint density at radius 2 is 1.79 bits per heavy atom. The van der Waals surface area contributed by atoms with Crippen molar-refractivity contribution in [3.8, 4) is 0 Å². The highest BCUT2D eigenvalue weighted by atomic mass is 79.9. The van der Waals surface area contributed by atoms with Crippen LogP contribution in [0.5, 0.6) is 0 Å². The molecule has 0 bridgehead atoms. The molecule has 0 fully saturated rings. The highest BCUT2D eigenvalue weighted by molar-refractivity contribution is 9.11. The summed E-state index contributed by atoms with van der Waals surface area (Å²) >= 11 is 6.59. The van der Waals surface area contributed by atoms with E-state index < -0.39 is 17.9 Å². The van der Waals surface area contributed by atoms with Crippen LogP contribution in [-0.4, -0.2) is 23.0 Å². The molecule has 19 heavy (non-hydrogen) atoms. The van der Waals surface area contributed by atoms with Crippen LogP contribution in [0.1, 0.15) is 30.6 Å². The van der Waals surface area contributed by atoms with Gasteiger partial charge < -0.3 is 10.4 Å². The van der Waals surface area contributed by atoms with E-state index in [1.165, 1.54) is 0 Å². The normalized spacial score (nSPS) is 13.7. The summed E-state index contributed by atoms with van der Waals surface area (Å²) in [6.45, 7) is 3.69. The number of aliphatic carboxylic acids is 1. The summed E-state index contributed by atoms with van der Waals surface area (Å²) in [6, 6.07) is 4.22. The van der Waals surface area contributed by atoms with Gasteiger partial charge in [0.1, 0.15) is 6.04 Å². The van der Waals surface area contributed by atoms with Crippen molar-refractivity contribution in [3.63, 3.8) is 0 Å². The molecule has 0 aliphatic heterocycles. The predicted molar refractivity (Wildman–Crippen MR) is 80.2 cm³/mol. The minimum absolute atomic E-state index is 0.128. The van der Waals surface area contributed by atoms with E-state index in [2.05, 4.69) is 37.2 Å². The van der Waals surface area contributed by atoms with Gasteiger partial charge >= 0.3 is 5.97 Å². The van der Waals surface area contributed by atoms with Crippen LogP contribution >= 0.6 is 31.9 Å². The molecule has 104 valence electrons. The number of rotatable bonds is 5. The monoisotopic (exact) mass is 391 g/mol. The van der Waals surface area contributed by atoms with E-state index in [-0.39, 0.29) is 5.92 Å². The average molecular weight is 393 g/mol. The van der Waals surface area contributed by atoms with Gasteiger partial charge in [-0.25, -0.2) is 4.79 Å². The zero-order valence-corrected chi connectivity index (χ0v) is 13.8. The number of carbonyl (C=O) groups is 2. The van der Waals surface area contributed by atoms with Crippen LogP contribution in [0, 0.1) is 5.92 Å². The van der Waals surface area contributed by atoms with Crippen molar-refractivity contribution in [1.29, 1.82) is 0 Å². The third-order valence-electron chi connectivity index (χ3n) is 2.89. The van der Waals surface area contributed by atoms with Crippen LogP contribution in [-0.2, 0) is 4.79 Å². The molecule has 0 unspecified atom stereocenters. The number of carbonyl (C=O) groups excluding carboxylic acids is 1. The molecule has 1 amide bonds. The van der Waals surface area contributed by atoms with Crippen LogP contribution < -0.4 is 5.32 Å². The first-order chi connectivity index (χ1) is 8.85. The van der Waals surface area contributed by atoms with E-state index in [4.69, 9.17) is 5.11 Å². The van der Waals surface area contributed by atoms with E-state index in [1.54, 1.807) is 25.1 Å². The third-order valence-corrected chi connectivity index (χ3v) is 3.81. The van der Waals surface area contributed by atoms with Crippen molar-refractivity contribution in [3.05, 3.63) is 32.7 Å². The second-order valence-corrected chi connectivity index (χ2v) is 6.16. The van der Waals surface area contributed by atoms with Gasteiger partial charge in [-0.15, -0.1) is 0 Å². The van der Waals surface area contributed by atoms with Crippen LogP contribution in [0.15, 0.2) is 27.1 Å². The highest BCUT2D eigenvalue weighted by Crippen LogP contribution is 2.20. The van der Waals surface area contributed by atoms with Gasteiger partial charge in [0.2, 0.25) is 0 Å². The second kappa shape index (κ2) is 7.05. The second-order valence-electron chi connectivity index (χ2n) is 4.33. The molecule has 0 saturated heterocycles. The van der Waals surface area contributed by atoms with Crippen molar-refractivity contribution in [2.45, 2.75) is 26.3 Å². The van der Waals surface area contributed by atoms with E-state index >= 15 is 0 Å². The summed E-state index contributed by atoms with van der Waals surface area (Å²) in [5, 5.41) is 11.7. The van der Waals surface area contributed by atoms with Crippen molar-refractivity contribution in [1.82, 2.24) is 5.32 Å². The summed E-state index contributed by atoms with van der Waals surface area (Å²) in [6.07, 6.45) is 0.680. The molecule has 0 saturated carbocycles. The molecule has 0 aromatic heterocycles. The largest absolute Gasteiger partial charge is 0.480 e. The lowest BCUT2D eigenvalue weighted by Gasteiger charge is -2.20. The Balaban J connectivity index is 2.90.